The monoisotopic (exact) mass is 1350 g/mol. The Morgan fingerprint density at radius 3 is 1.45 bits per heavy atom. The van der Waals surface area contributed by atoms with E-state index in [0.29, 0.717) is 38.0 Å². The molecule has 10 heterocycles. The molecule has 0 amide bonds. The number of ether oxygens (including phenoxy) is 2. The van der Waals surface area contributed by atoms with Crippen molar-refractivity contribution in [1.29, 1.82) is 42.1 Å². The Morgan fingerprint density at radius 1 is 0.495 bits per heavy atom. The molecule has 0 bridgehead atoms. The van der Waals surface area contributed by atoms with E-state index in [-0.39, 0.29) is 77.9 Å². The van der Waals surface area contributed by atoms with Crippen molar-refractivity contribution in [1.82, 2.24) is 9.97 Å². The summed E-state index contributed by atoms with van der Waals surface area (Å²) < 4.78 is 22.6. The maximum Gasteiger partial charge on any atom is 0.194 e. The summed E-state index contributed by atoms with van der Waals surface area (Å²) in [5, 5.41) is 79.7. The molecular weight excluding hydrogens is 1320 g/mol. The molecule has 0 fully saturated rings. The van der Waals surface area contributed by atoms with Gasteiger partial charge in [0, 0.05) is 79.7 Å². The number of hydrogen-bond acceptors (Lipinski definition) is 23. The number of methoxy groups -OCH3 is 1. The number of benzene rings is 2. The molecule has 3 aliphatic carbocycles. The van der Waals surface area contributed by atoms with Crippen molar-refractivity contribution in [3.05, 3.63) is 159 Å². The van der Waals surface area contributed by atoms with E-state index in [9.17, 15) is 51.7 Å². The van der Waals surface area contributed by atoms with E-state index < -0.39 is 22.6 Å². The van der Waals surface area contributed by atoms with E-state index in [1.165, 1.54) is 69.4 Å². The minimum Gasteiger partial charge on any atom is -0.495 e. The van der Waals surface area contributed by atoms with Crippen LogP contribution in [0.25, 0.3) is 92.9 Å². The lowest BCUT2D eigenvalue weighted by Gasteiger charge is -2.31. The number of carbonyl (C=O) groups excluding carboxylic acids is 2. The summed E-state index contributed by atoms with van der Waals surface area (Å²) >= 11 is 12.3. The number of hydrogen-bond donors (Lipinski definition) is 0. The smallest absolute Gasteiger partial charge is 0.194 e. The zero-order valence-electron chi connectivity index (χ0n) is 49.1. The first kappa shape index (κ1) is 58.7. The van der Waals surface area contributed by atoms with Crippen molar-refractivity contribution >= 4 is 148 Å². The van der Waals surface area contributed by atoms with E-state index in [0.717, 1.165) is 81.2 Å². The molecule has 0 saturated carbocycles. The summed E-state index contributed by atoms with van der Waals surface area (Å²) in [5.74, 6) is 0.283. The number of aryl methyl sites for hydroxylation is 2. The van der Waals surface area contributed by atoms with Crippen molar-refractivity contribution < 1.29 is 19.1 Å². The van der Waals surface area contributed by atoms with Crippen LogP contribution in [-0.2, 0) is 22.4 Å². The van der Waals surface area contributed by atoms with Crippen LogP contribution in [0.3, 0.4) is 0 Å². The van der Waals surface area contributed by atoms with Crippen LogP contribution >= 0.6 is 79.4 Å². The van der Waals surface area contributed by atoms with Crippen LogP contribution in [0, 0.1) is 104 Å². The zero-order chi connectivity index (χ0) is 65.0. The molecule has 0 radical (unpaired) electrons. The summed E-state index contributed by atoms with van der Waals surface area (Å²) in [6, 6.07) is 31.7. The van der Waals surface area contributed by atoms with Crippen LogP contribution in [0.1, 0.15) is 120 Å². The first-order valence-electron chi connectivity index (χ1n) is 27.9. The molecule has 93 heavy (non-hydrogen) atoms. The van der Waals surface area contributed by atoms with Gasteiger partial charge in [-0.1, -0.05) is 13.8 Å². The van der Waals surface area contributed by atoms with E-state index in [1.807, 2.05) is 68.5 Å². The lowest BCUT2D eigenvalue weighted by molar-refractivity contribution is 0.103. The fourth-order valence-electron chi connectivity index (χ4n) is 12.3. The largest absolute Gasteiger partial charge is 0.495 e. The molecule has 5 aliphatic rings. The molecule has 0 unspecified atom stereocenters. The van der Waals surface area contributed by atoms with Gasteiger partial charge in [0.1, 0.15) is 99.2 Å². The normalized spacial score (nSPS) is 15.3. The predicted octanol–water partition coefficient (Wildman–Crippen LogP) is 18.3. The first-order valence-corrected chi connectivity index (χ1v) is 34.3. The summed E-state index contributed by atoms with van der Waals surface area (Å²) in [5.41, 5.74) is 7.13. The number of Topliss-reactive ketones (excluding diaryl/α,β-unsaturated/α-hetero) is 2. The molecule has 440 valence electrons. The number of carbonyl (C=O) groups is 2. The third-order valence-electron chi connectivity index (χ3n) is 17.0. The van der Waals surface area contributed by atoms with Gasteiger partial charge in [-0.2, -0.15) is 50.8 Å². The molecule has 15 rings (SSSR count). The number of rotatable bonds is 7. The lowest BCUT2D eigenvalue weighted by atomic mass is 9.83. The number of thiophene rings is 7. The maximum absolute atomic E-state index is 14.4. The molecule has 24 heteroatoms. The highest BCUT2D eigenvalue weighted by Crippen LogP contribution is 2.64. The number of ketones is 2. The van der Waals surface area contributed by atoms with Crippen molar-refractivity contribution in [2.75, 3.05) is 7.11 Å². The van der Waals surface area contributed by atoms with Gasteiger partial charge in [-0.15, -0.1) is 79.4 Å². The van der Waals surface area contributed by atoms with Crippen molar-refractivity contribution in [3.63, 3.8) is 0 Å². The molecule has 8 aromatic heterocycles. The van der Waals surface area contributed by atoms with Crippen LogP contribution in [0.15, 0.2) is 85.6 Å². The number of nitrogens with zero attached hydrogens (tertiary/aromatic N) is 12. The zero-order valence-corrected chi connectivity index (χ0v) is 55.6. The number of allylic oxidation sites excluding steroid dienone is 6. The average Bonchev–Trinajstić information content (AvgIpc) is 1.56. The van der Waals surface area contributed by atoms with Gasteiger partial charge in [0.05, 0.1) is 91.1 Å². The summed E-state index contributed by atoms with van der Waals surface area (Å²) in [7, 11) is 1.56. The minimum absolute atomic E-state index is 0.0129. The minimum atomic E-state index is -0.729. The van der Waals surface area contributed by atoms with Crippen molar-refractivity contribution in [2.45, 2.75) is 52.6 Å². The SMILES string of the molecule is COc1cc(/C=C2\C(=O)c3cc(C#N)c(C#N)cc3C2=C(C#N)C#N)sc1-c1cc2c(s1)-c1sc(-c3sc(-c4cc5c(s4)-c4sc(-c6sc(/C=C7\C(=O)c8cc(C#N)c(C#N)cc8C7=C(C#N)C#N)c7nc(C)c(C)nc67)cc4C5(C)C)c4c3N=S=N4)cc1C(C)(C)O2. The fraction of sp³-hybridized carbons (Fsp3) is 0.130. The third kappa shape index (κ3) is 8.57. The Hall–Kier alpha value is -10.7. The Kier molecular flexibility index (Phi) is 13.4. The molecule has 0 atom stereocenters. The van der Waals surface area contributed by atoms with Crippen LogP contribution in [0.5, 0.6) is 11.5 Å². The molecule has 10 aromatic rings. The van der Waals surface area contributed by atoms with Gasteiger partial charge in [0.15, 0.2) is 11.6 Å². The molecule has 2 aromatic carbocycles. The maximum atomic E-state index is 14.4. The highest BCUT2D eigenvalue weighted by Gasteiger charge is 2.43. The Morgan fingerprint density at radius 2 is 0.946 bits per heavy atom. The first-order chi connectivity index (χ1) is 44.8. The third-order valence-corrected chi connectivity index (χ3v) is 26.4. The quantitative estimate of drug-likeness (QED) is 0.106. The standard InChI is InChI=1S/C69H32N12O4S8/c1-27-28(2)79-55-54(78-27)47(14-41-53(34(25-76)26-77)37-9-30(20-71)32(22-73)11-39(37)59(41)83)87-65(55)48-15-42-60(88-48)61-43(68(42,3)4)16-49(89-61)66-56-57(81-93-80-56)67(92-66)50-17-44-62(90-50)64-46(85-69(44,5)6)18-51(91-64)63-45(84-7)13-35(86-63)12-40-52(33(23-74)24-75)36-8-29(19-70)31(21-72)10-38(36)58(40)82/h8-18H,1-7H3/b40-12-,41-14-. The second-order valence-corrected chi connectivity index (χ2v) is 30.7. The summed E-state index contributed by atoms with van der Waals surface area (Å²) in [6.45, 7) is 12.3. The van der Waals surface area contributed by atoms with Crippen LogP contribution in [0.2, 0.25) is 0 Å². The van der Waals surface area contributed by atoms with Crippen LogP contribution in [-0.4, -0.2) is 28.6 Å². The lowest BCUT2D eigenvalue weighted by Crippen LogP contribution is -2.27. The van der Waals surface area contributed by atoms with Gasteiger partial charge in [-0.3, -0.25) is 9.59 Å². The highest BCUT2D eigenvalue weighted by molar-refractivity contribution is 7.58. The van der Waals surface area contributed by atoms with Crippen LogP contribution in [0.4, 0.5) is 11.4 Å². The average molecular weight is 1350 g/mol. The number of nitriles is 8. The van der Waals surface area contributed by atoms with Gasteiger partial charge in [-0.05, 0) is 111 Å². The Bertz CT molecular complexity index is 5860. The summed E-state index contributed by atoms with van der Waals surface area (Å²) in [6.07, 6.45) is 3.28. The molecular formula is C69H32N12O4S8. The van der Waals surface area contributed by atoms with E-state index in [4.69, 9.17) is 28.2 Å². The number of aromatic nitrogens is 2. The van der Waals surface area contributed by atoms with Crippen LogP contribution < -0.4 is 9.47 Å². The summed E-state index contributed by atoms with van der Waals surface area (Å²) in [4.78, 5) is 51.6. The van der Waals surface area contributed by atoms with Gasteiger partial charge < -0.3 is 9.47 Å². The van der Waals surface area contributed by atoms with E-state index in [2.05, 4.69) is 45.9 Å². The van der Waals surface area contributed by atoms with Crippen molar-refractivity contribution in [2.24, 2.45) is 8.73 Å². The molecule has 16 nitrogen and oxygen atoms in total. The van der Waals surface area contributed by atoms with Gasteiger partial charge in [-0.25, -0.2) is 9.97 Å². The van der Waals surface area contributed by atoms with Gasteiger partial charge in [0.2, 0.25) is 0 Å². The van der Waals surface area contributed by atoms with Gasteiger partial charge >= 0.3 is 0 Å². The predicted molar refractivity (Wildman–Crippen MR) is 363 cm³/mol. The topological polar surface area (TPSA) is 293 Å². The second-order valence-electron chi connectivity index (χ2n) is 22.8. The Balaban J connectivity index is 0.773. The van der Waals surface area contributed by atoms with Gasteiger partial charge in [0.25, 0.3) is 0 Å². The Labute approximate surface area is 560 Å². The molecule has 2 aliphatic heterocycles. The highest BCUT2D eigenvalue weighted by atomic mass is 32.1. The fourth-order valence-corrected chi connectivity index (χ4v) is 22.1. The van der Waals surface area contributed by atoms with E-state index in [1.54, 1.807) is 82.0 Å². The van der Waals surface area contributed by atoms with Crippen molar-refractivity contribution in [3.8, 4) is 119 Å². The van der Waals surface area contributed by atoms with E-state index >= 15 is 0 Å². The molecule has 0 spiro atoms. The molecule has 0 N–H and O–H groups in total. The molecule has 0 saturated heterocycles. The second kappa shape index (κ2) is 21.2. The number of fused-ring (bicyclic) bond motifs is 10.